The van der Waals surface area contributed by atoms with Crippen LogP contribution in [0.3, 0.4) is 0 Å². The molecule has 0 saturated carbocycles. The van der Waals surface area contributed by atoms with Crippen LogP contribution in [-0.4, -0.2) is 47.5 Å². The first-order valence-corrected chi connectivity index (χ1v) is 11.0. The van der Waals surface area contributed by atoms with Crippen LogP contribution < -0.4 is 25.7 Å². The molecule has 3 aromatic rings. The lowest BCUT2D eigenvalue weighted by molar-refractivity contribution is -0.123. The predicted molar refractivity (Wildman–Crippen MR) is 126 cm³/mol. The number of benzene rings is 2. The Morgan fingerprint density at radius 3 is 2.51 bits per heavy atom. The number of imide groups is 1. The van der Waals surface area contributed by atoms with Crippen LogP contribution in [0.1, 0.15) is 24.3 Å². The van der Waals surface area contributed by atoms with E-state index in [4.69, 9.17) is 14.2 Å². The van der Waals surface area contributed by atoms with Crippen LogP contribution in [0.5, 0.6) is 11.5 Å². The maximum Gasteiger partial charge on any atom is 0.359 e. The second kappa shape index (κ2) is 10.2. The maximum atomic E-state index is 12.7. The monoisotopic (exact) mass is 480 g/mol. The summed E-state index contributed by atoms with van der Waals surface area (Å²) in [5, 5.41) is 9.39. The van der Waals surface area contributed by atoms with Crippen LogP contribution in [0, 0.1) is 5.92 Å². The Morgan fingerprint density at radius 1 is 1.06 bits per heavy atom. The van der Waals surface area contributed by atoms with Crippen LogP contribution in [-0.2, 0) is 16.1 Å². The first kappa shape index (κ1) is 23.7. The van der Waals surface area contributed by atoms with E-state index in [1.807, 2.05) is 13.8 Å². The smallest absolute Gasteiger partial charge is 0.359 e. The van der Waals surface area contributed by atoms with Crippen molar-refractivity contribution in [3.8, 4) is 11.5 Å². The number of fused-ring (bicyclic) bond motifs is 2. The lowest BCUT2D eigenvalue weighted by atomic mass is 10.1. The van der Waals surface area contributed by atoms with E-state index in [0.29, 0.717) is 47.7 Å². The van der Waals surface area contributed by atoms with Crippen molar-refractivity contribution in [2.24, 2.45) is 5.92 Å². The van der Waals surface area contributed by atoms with E-state index in [1.54, 1.807) is 42.5 Å². The van der Waals surface area contributed by atoms with Gasteiger partial charge in [-0.25, -0.2) is 14.3 Å². The van der Waals surface area contributed by atoms with Gasteiger partial charge >= 0.3 is 12.0 Å². The zero-order chi connectivity index (χ0) is 24.9. The highest BCUT2D eigenvalue weighted by Crippen LogP contribution is 2.32. The first-order chi connectivity index (χ1) is 16.8. The van der Waals surface area contributed by atoms with E-state index in [2.05, 4.69) is 15.7 Å². The maximum absolute atomic E-state index is 12.7. The van der Waals surface area contributed by atoms with Gasteiger partial charge in [-0.2, -0.15) is 5.10 Å². The van der Waals surface area contributed by atoms with Crippen molar-refractivity contribution < 1.29 is 28.6 Å². The summed E-state index contributed by atoms with van der Waals surface area (Å²) in [6, 6.07) is 10.5. The predicted octanol–water partition coefficient (Wildman–Crippen LogP) is 2.33. The lowest BCUT2D eigenvalue weighted by Gasteiger charge is -2.19. The quantitative estimate of drug-likeness (QED) is 0.513. The van der Waals surface area contributed by atoms with Gasteiger partial charge in [0.25, 0.3) is 11.5 Å². The molecule has 0 spiro atoms. The molecule has 0 bridgehead atoms. The summed E-state index contributed by atoms with van der Waals surface area (Å²) in [4.78, 5) is 49.7. The number of anilines is 1. The number of urea groups is 1. The number of hydrogen-bond acceptors (Lipinski definition) is 8. The van der Waals surface area contributed by atoms with E-state index >= 15 is 0 Å². The molecule has 0 aliphatic carbocycles. The Labute approximate surface area is 200 Å². The van der Waals surface area contributed by atoms with Crippen molar-refractivity contribution in [2.75, 3.05) is 25.1 Å². The van der Waals surface area contributed by atoms with Gasteiger partial charge in [-0.05, 0) is 24.1 Å². The molecule has 11 nitrogen and oxygen atoms in total. The number of rotatable bonds is 6. The zero-order valence-corrected chi connectivity index (χ0v) is 19.2. The Hall–Kier alpha value is -4.41. The molecule has 1 aliphatic heterocycles. The fourth-order valence-corrected chi connectivity index (χ4v) is 3.50. The highest BCUT2D eigenvalue weighted by molar-refractivity contribution is 6.04. The van der Waals surface area contributed by atoms with Crippen molar-refractivity contribution in [2.45, 2.75) is 20.4 Å². The zero-order valence-electron chi connectivity index (χ0n) is 19.2. The van der Waals surface area contributed by atoms with Gasteiger partial charge in [-0.3, -0.25) is 14.9 Å². The molecule has 4 rings (SSSR count). The number of esters is 1. The molecule has 3 amide bonds. The topological polar surface area (TPSA) is 138 Å². The van der Waals surface area contributed by atoms with Crippen molar-refractivity contribution in [1.82, 2.24) is 15.1 Å². The summed E-state index contributed by atoms with van der Waals surface area (Å²) < 4.78 is 17.2. The van der Waals surface area contributed by atoms with E-state index in [0.717, 1.165) is 0 Å². The summed E-state index contributed by atoms with van der Waals surface area (Å²) in [6.45, 7) is 4.27. The molecule has 1 aromatic heterocycles. The number of aromatic nitrogens is 2. The summed E-state index contributed by atoms with van der Waals surface area (Å²) in [6.07, 6.45) is 0. The fourth-order valence-electron chi connectivity index (χ4n) is 3.50. The summed E-state index contributed by atoms with van der Waals surface area (Å²) in [5.41, 5.74) is -0.0200. The average Bonchev–Trinajstić information content (AvgIpc) is 2.84. The highest BCUT2D eigenvalue weighted by Gasteiger charge is 2.20. The molecule has 1 aliphatic rings. The lowest BCUT2D eigenvalue weighted by Crippen LogP contribution is -2.37. The Kier molecular flexibility index (Phi) is 6.95. The number of ether oxygens (including phenoxy) is 3. The third-order valence-corrected chi connectivity index (χ3v) is 4.99. The molecule has 2 N–H and O–H groups in total. The molecule has 0 fully saturated rings. The van der Waals surface area contributed by atoms with E-state index in [9.17, 15) is 19.2 Å². The highest BCUT2D eigenvalue weighted by atomic mass is 16.6. The number of carbonyl (C=O) groups is 3. The second-order valence-electron chi connectivity index (χ2n) is 8.21. The molecule has 2 aromatic carbocycles. The minimum Gasteiger partial charge on any atom is -0.486 e. The molecule has 0 saturated heterocycles. The van der Waals surface area contributed by atoms with Crippen LogP contribution in [0.25, 0.3) is 10.8 Å². The minimum atomic E-state index is -0.888. The number of nitrogens with one attached hydrogen (secondary N) is 2. The molecule has 0 unspecified atom stereocenters. The molecule has 182 valence electrons. The molecular formula is C24H24N4O7. The SMILES string of the molecule is CC(C)Cn1nc(C(=O)OCC(=O)NC(=O)Nc2ccc3c(c2)OCCO3)c2ccccc2c1=O. The van der Waals surface area contributed by atoms with E-state index in [-0.39, 0.29) is 17.2 Å². The van der Waals surface area contributed by atoms with Crippen molar-refractivity contribution in [3.05, 3.63) is 58.5 Å². The van der Waals surface area contributed by atoms with Gasteiger partial charge in [-0.1, -0.05) is 32.0 Å². The second-order valence-corrected chi connectivity index (χ2v) is 8.21. The number of nitrogens with zero attached hydrogens (tertiary/aromatic N) is 2. The van der Waals surface area contributed by atoms with Gasteiger partial charge in [0.2, 0.25) is 0 Å². The normalized spacial score (nSPS) is 12.3. The standard InChI is InChI=1S/C24H24N4O7/c1-14(2)12-28-22(30)17-6-4-3-5-16(17)21(27-28)23(31)35-13-20(29)26-24(32)25-15-7-8-18-19(11-15)34-10-9-33-18/h3-8,11,14H,9-10,12-13H2,1-2H3,(H2,25,26,29,32). The number of carbonyl (C=O) groups excluding carboxylic acids is 3. The third kappa shape index (κ3) is 5.57. The Bertz CT molecular complexity index is 1350. The summed E-state index contributed by atoms with van der Waals surface area (Å²) >= 11 is 0. The van der Waals surface area contributed by atoms with E-state index in [1.165, 1.54) is 4.68 Å². The number of hydrogen-bond donors (Lipinski definition) is 2. The molecule has 2 heterocycles. The molecule has 0 atom stereocenters. The van der Waals surface area contributed by atoms with E-state index < -0.39 is 24.5 Å². The van der Waals surface area contributed by atoms with Crippen LogP contribution in [0.4, 0.5) is 10.5 Å². The third-order valence-electron chi connectivity index (χ3n) is 4.99. The van der Waals surface area contributed by atoms with Gasteiger partial charge < -0.3 is 19.5 Å². The van der Waals surface area contributed by atoms with Crippen molar-refractivity contribution >= 4 is 34.4 Å². The van der Waals surface area contributed by atoms with Crippen LogP contribution in [0.2, 0.25) is 0 Å². The molecule has 0 radical (unpaired) electrons. The number of amides is 3. The van der Waals surface area contributed by atoms with Gasteiger partial charge in [0.05, 0.1) is 5.39 Å². The van der Waals surface area contributed by atoms with Gasteiger partial charge in [0.1, 0.15) is 13.2 Å². The van der Waals surface area contributed by atoms with Crippen molar-refractivity contribution in [3.63, 3.8) is 0 Å². The van der Waals surface area contributed by atoms with Gasteiger partial charge in [0.15, 0.2) is 23.8 Å². The van der Waals surface area contributed by atoms with Crippen LogP contribution in [0.15, 0.2) is 47.3 Å². The molecule has 35 heavy (non-hydrogen) atoms. The fraction of sp³-hybridized carbons (Fsp3) is 0.292. The largest absolute Gasteiger partial charge is 0.486 e. The summed E-state index contributed by atoms with van der Waals surface area (Å²) in [5.74, 6) is -0.572. The first-order valence-electron chi connectivity index (χ1n) is 11.0. The van der Waals surface area contributed by atoms with Gasteiger partial charge in [0, 0.05) is 23.7 Å². The molecule has 11 heteroatoms. The average molecular weight is 480 g/mol. The Balaban J connectivity index is 1.39. The van der Waals surface area contributed by atoms with Gasteiger partial charge in [-0.15, -0.1) is 0 Å². The molecular weight excluding hydrogens is 456 g/mol. The van der Waals surface area contributed by atoms with Crippen LogP contribution >= 0.6 is 0 Å². The minimum absolute atomic E-state index is 0.0885. The van der Waals surface area contributed by atoms with Crippen molar-refractivity contribution in [1.29, 1.82) is 0 Å². The Morgan fingerprint density at radius 2 is 1.77 bits per heavy atom. The summed E-state index contributed by atoms with van der Waals surface area (Å²) in [7, 11) is 0.